The Morgan fingerprint density at radius 1 is 0.628 bits per heavy atom. The third-order valence-corrected chi connectivity index (χ3v) is 8.90. The van der Waals surface area contributed by atoms with Gasteiger partial charge in [-0.15, -0.1) is 0 Å². The Morgan fingerprint density at radius 2 is 1.40 bits per heavy atom. The molecule has 0 spiro atoms. The van der Waals surface area contributed by atoms with E-state index in [0.29, 0.717) is 5.92 Å². The Bertz CT molecular complexity index is 2200. The zero-order chi connectivity index (χ0) is 28.3. The summed E-state index contributed by atoms with van der Waals surface area (Å²) in [4.78, 5) is 2.33. The molecule has 0 radical (unpaired) electrons. The van der Waals surface area contributed by atoms with Gasteiger partial charge in [-0.05, 0) is 59.8 Å². The van der Waals surface area contributed by atoms with E-state index in [-0.39, 0.29) is 5.92 Å². The van der Waals surface area contributed by atoms with Crippen LogP contribution in [0, 0.1) is 5.92 Å². The fourth-order valence-electron chi connectivity index (χ4n) is 6.82. The van der Waals surface area contributed by atoms with E-state index in [1.54, 1.807) is 0 Å². The van der Waals surface area contributed by atoms with Crippen molar-refractivity contribution in [3.8, 4) is 11.1 Å². The molecule has 0 saturated carbocycles. The summed E-state index contributed by atoms with van der Waals surface area (Å²) in [5.74, 6) is 1.66. The van der Waals surface area contributed by atoms with E-state index >= 15 is 0 Å². The van der Waals surface area contributed by atoms with Crippen molar-refractivity contribution in [1.82, 2.24) is 5.32 Å². The van der Waals surface area contributed by atoms with Crippen molar-refractivity contribution in [2.45, 2.75) is 5.92 Å². The standard InChI is InChI=1S/C39H28N2O2/c1-2-7-25(8-3-1)26-13-16-28(17-14-26)41(29-18-20-32-31-9-4-5-11-35(31)42-37(32)23-29)34-10-6-12-36-38(34)33-19-15-27-24-40-22-21-30(27)39(33)43-36/h1-23,27,30,40H,24H2. The third kappa shape index (κ3) is 3.84. The van der Waals surface area contributed by atoms with Crippen molar-refractivity contribution in [3.05, 3.63) is 145 Å². The first kappa shape index (κ1) is 24.2. The van der Waals surface area contributed by atoms with Crippen LogP contribution in [0.3, 0.4) is 0 Å². The lowest BCUT2D eigenvalue weighted by Gasteiger charge is -2.28. The van der Waals surface area contributed by atoms with Crippen molar-refractivity contribution in [3.63, 3.8) is 0 Å². The predicted octanol–water partition coefficient (Wildman–Crippen LogP) is 10.3. The van der Waals surface area contributed by atoms with Gasteiger partial charge in [-0.3, -0.25) is 0 Å². The number of nitrogens with zero attached hydrogens (tertiary/aromatic N) is 1. The molecule has 0 fully saturated rings. The molecule has 2 atom stereocenters. The van der Waals surface area contributed by atoms with Gasteiger partial charge in [-0.2, -0.15) is 0 Å². The minimum absolute atomic E-state index is 0.229. The molecule has 43 heavy (non-hydrogen) atoms. The van der Waals surface area contributed by atoms with Crippen LogP contribution < -0.4 is 10.2 Å². The summed E-state index contributed by atoms with van der Waals surface area (Å²) in [5.41, 5.74) is 9.38. The highest BCUT2D eigenvalue weighted by Crippen LogP contribution is 2.48. The highest BCUT2D eigenvalue weighted by molar-refractivity contribution is 6.07. The second-order valence-corrected chi connectivity index (χ2v) is 11.4. The van der Waals surface area contributed by atoms with Gasteiger partial charge in [0.2, 0.25) is 0 Å². The number of rotatable bonds is 4. The molecule has 2 unspecified atom stereocenters. The summed E-state index contributed by atoms with van der Waals surface area (Å²) in [6.45, 7) is 0.915. The number of fused-ring (bicyclic) bond motifs is 8. The lowest BCUT2D eigenvalue weighted by molar-refractivity contribution is 0.439. The topological polar surface area (TPSA) is 41.6 Å². The van der Waals surface area contributed by atoms with Gasteiger partial charge in [0, 0.05) is 52.2 Å². The van der Waals surface area contributed by atoms with Crippen molar-refractivity contribution < 1.29 is 8.83 Å². The van der Waals surface area contributed by atoms with Gasteiger partial charge in [0.1, 0.15) is 22.5 Å². The fourth-order valence-corrected chi connectivity index (χ4v) is 6.82. The van der Waals surface area contributed by atoms with Crippen LogP contribution in [0.15, 0.2) is 142 Å². The molecule has 0 amide bonds. The third-order valence-electron chi connectivity index (χ3n) is 8.90. The first-order valence-corrected chi connectivity index (χ1v) is 14.8. The number of hydrogen-bond donors (Lipinski definition) is 1. The van der Waals surface area contributed by atoms with E-state index in [9.17, 15) is 0 Å². The van der Waals surface area contributed by atoms with E-state index in [2.05, 4.69) is 138 Å². The van der Waals surface area contributed by atoms with E-state index in [1.807, 2.05) is 12.1 Å². The molecule has 0 bridgehead atoms. The maximum Gasteiger partial charge on any atom is 0.137 e. The molecular formula is C39H28N2O2. The number of para-hydroxylation sites is 1. The van der Waals surface area contributed by atoms with Crippen molar-refractivity contribution in [1.29, 1.82) is 0 Å². The van der Waals surface area contributed by atoms with Gasteiger partial charge in [0.25, 0.3) is 0 Å². The minimum Gasteiger partial charge on any atom is -0.460 e. The molecule has 0 saturated heterocycles. The van der Waals surface area contributed by atoms with Gasteiger partial charge in [-0.25, -0.2) is 0 Å². The number of benzene rings is 5. The summed E-state index contributed by atoms with van der Waals surface area (Å²) in [5, 5.41) is 6.74. The predicted molar refractivity (Wildman–Crippen MR) is 176 cm³/mol. The van der Waals surface area contributed by atoms with Crippen LogP contribution in [0.25, 0.3) is 50.1 Å². The van der Waals surface area contributed by atoms with Crippen LogP contribution in [-0.2, 0) is 0 Å². The highest BCUT2D eigenvalue weighted by atomic mass is 16.3. The number of allylic oxidation sites excluding steroid dienone is 1. The van der Waals surface area contributed by atoms with Gasteiger partial charge in [0.15, 0.2) is 0 Å². The summed E-state index contributed by atoms with van der Waals surface area (Å²) in [6.07, 6.45) is 8.87. The van der Waals surface area contributed by atoms with Crippen LogP contribution in [-0.4, -0.2) is 6.54 Å². The maximum absolute atomic E-state index is 6.63. The number of nitrogens with one attached hydrogen (secondary N) is 1. The number of anilines is 3. The Kier molecular flexibility index (Phi) is 5.35. The summed E-state index contributed by atoms with van der Waals surface area (Å²) < 4.78 is 13.0. The van der Waals surface area contributed by atoms with Crippen LogP contribution in [0.1, 0.15) is 17.2 Å². The fraction of sp³-hybridized carbons (Fsp3) is 0.0769. The normalized spacial score (nSPS) is 17.2. The Morgan fingerprint density at radius 3 is 2.30 bits per heavy atom. The van der Waals surface area contributed by atoms with Crippen LogP contribution in [0.2, 0.25) is 0 Å². The second-order valence-electron chi connectivity index (χ2n) is 11.4. The van der Waals surface area contributed by atoms with Crippen LogP contribution in [0.4, 0.5) is 17.1 Å². The molecule has 9 rings (SSSR count). The van der Waals surface area contributed by atoms with Crippen molar-refractivity contribution in [2.24, 2.45) is 5.92 Å². The Labute approximate surface area is 249 Å². The molecule has 2 aliphatic rings. The molecule has 4 nitrogen and oxygen atoms in total. The first-order valence-electron chi connectivity index (χ1n) is 14.8. The molecular weight excluding hydrogens is 528 g/mol. The molecule has 7 aromatic rings. The van der Waals surface area contributed by atoms with Gasteiger partial charge >= 0.3 is 0 Å². The monoisotopic (exact) mass is 556 g/mol. The first-order chi connectivity index (χ1) is 21.3. The van der Waals surface area contributed by atoms with Gasteiger partial charge in [0.05, 0.1) is 11.1 Å². The zero-order valence-electron chi connectivity index (χ0n) is 23.4. The Hall–Kier alpha value is -5.48. The summed E-state index contributed by atoms with van der Waals surface area (Å²) in [7, 11) is 0. The quantitative estimate of drug-likeness (QED) is 0.234. The number of furan rings is 2. The lowest BCUT2D eigenvalue weighted by Crippen LogP contribution is -2.27. The molecule has 5 aromatic carbocycles. The van der Waals surface area contributed by atoms with E-state index in [4.69, 9.17) is 8.83 Å². The number of hydrogen-bond acceptors (Lipinski definition) is 4. The molecule has 1 N–H and O–H groups in total. The summed E-state index contributed by atoms with van der Waals surface area (Å²) in [6, 6.07) is 40.5. The molecule has 1 aliphatic carbocycles. The highest BCUT2D eigenvalue weighted by Gasteiger charge is 2.32. The molecule has 1 aliphatic heterocycles. The lowest BCUT2D eigenvalue weighted by atomic mass is 9.81. The molecule has 206 valence electrons. The molecule has 3 heterocycles. The smallest absolute Gasteiger partial charge is 0.137 e. The average molecular weight is 557 g/mol. The van der Waals surface area contributed by atoms with E-state index in [0.717, 1.165) is 67.8 Å². The second kappa shape index (κ2) is 9.53. The molecule has 2 aromatic heterocycles. The van der Waals surface area contributed by atoms with E-state index in [1.165, 1.54) is 11.1 Å². The SMILES string of the molecule is C1=CC2c3oc4cccc(N(c5ccc(-c6ccccc6)cc5)c5ccc6c(c5)oc5ccccc56)c4c3C=CC2CN1. The minimum atomic E-state index is 0.229. The largest absolute Gasteiger partial charge is 0.460 e. The van der Waals surface area contributed by atoms with Crippen molar-refractivity contribution >= 4 is 56.0 Å². The summed E-state index contributed by atoms with van der Waals surface area (Å²) >= 11 is 0. The Balaban J connectivity index is 1.26. The molecule has 4 heteroatoms. The van der Waals surface area contributed by atoms with Gasteiger partial charge < -0.3 is 19.1 Å². The van der Waals surface area contributed by atoms with Gasteiger partial charge in [-0.1, -0.05) is 85.0 Å². The van der Waals surface area contributed by atoms with Crippen LogP contribution in [0.5, 0.6) is 0 Å². The van der Waals surface area contributed by atoms with Crippen LogP contribution >= 0.6 is 0 Å². The zero-order valence-corrected chi connectivity index (χ0v) is 23.4. The van der Waals surface area contributed by atoms with Crippen molar-refractivity contribution in [2.75, 3.05) is 11.4 Å². The maximum atomic E-state index is 6.63. The van der Waals surface area contributed by atoms with E-state index < -0.39 is 0 Å². The average Bonchev–Trinajstić information content (AvgIpc) is 3.64.